The highest BCUT2D eigenvalue weighted by Gasteiger charge is 2.11. The molecule has 1 aromatic rings. The smallest absolute Gasteiger partial charge is 0.427 e. The van der Waals surface area contributed by atoms with Crippen molar-refractivity contribution in [1.29, 1.82) is 0 Å². The fourth-order valence-corrected chi connectivity index (χ4v) is 1.32. The summed E-state index contributed by atoms with van der Waals surface area (Å²) >= 11 is 0. The summed E-state index contributed by atoms with van der Waals surface area (Å²) in [6, 6.07) is 6.17. The molecule has 0 saturated heterocycles. The Labute approximate surface area is 109 Å². The average molecular weight is 272 g/mol. The Morgan fingerprint density at radius 2 is 2.11 bits per heavy atom. The zero-order valence-electron chi connectivity index (χ0n) is 10.5. The molecule has 0 radical (unpaired) electrons. The molecule has 5 nitrogen and oxygen atoms in total. The van der Waals surface area contributed by atoms with Gasteiger partial charge < -0.3 is 9.47 Å². The molecule has 0 heterocycles. The molecular weight excluding hydrogens is 258 g/mol. The second-order valence-electron chi connectivity index (χ2n) is 3.40. The van der Waals surface area contributed by atoms with Crippen molar-refractivity contribution in [3.05, 3.63) is 29.8 Å². The fraction of sp³-hybridized carbons (Fsp3) is 0.333. The Kier molecular flexibility index (Phi) is 5.72. The van der Waals surface area contributed by atoms with Gasteiger partial charge in [0.2, 0.25) is 0 Å². The number of para-hydroxylation sites is 1. The van der Waals surface area contributed by atoms with E-state index in [2.05, 4.69) is 20.0 Å². The van der Waals surface area contributed by atoms with Crippen molar-refractivity contribution < 1.29 is 23.0 Å². The van der Waals surface area contributed by atoms with Crippen molar-refractivity contribution in [2.24, 2.45) is 5.10 Å². The number of benzene rings is 1. The number of carbonyl (C=O) groups is 1. The Morgan fingerprint density at radius 3 is 2.74 bits per heavy atom. The van der Waals surface area contributed by atoms with Crippen LogP contribution in [0.25, 0.3) is 0 Å². The number of carbonyl (C=O) groups excluding carboxylic acids is 1. The number of halogens is 2. The van der Waals surface area contributed by atoms with Gasteiger partial charge in [0.25, 0.3) is 0 Å². The van der Waals surface area contributed by atoms with Crippen LogP contribution in [0.1, 0.15) is 19.4 Å². The van der Waals surface area contributed by atoms with Crippen molar-refractivity contribution in [3.8, 4) is 5.75 Å². The number of rotatable bonds is 5. The molecular formula is C12H14F2N2O3. The standard InChI is InChI=1S/C12H14F2N2O3/c1-3-18-12(17)16-15-8(2)9-6-4-5-7-10(9)19-11(13)14/h4-7,11H,3H2,1-2H3,(H,16,17)/b15-8+. The highest BCUT2D eigenvalue weighted by Crippen LogP contribution is 2.20. The van der Waals surface area contributed by atoms with Crippen LogP contribution >= 0.6 is 0 Å². The van der Waals surface area contributed by atoms with Crippen LogP contribution in [0, 0.1) is 0 Å². The highest BCUT2D eigenvalue weighted by molar-refractivity contribution is 6.01. The van der Waals surface area contributed by atoms with Crippen LogP contribution in [-0.4, -0.2) is 25.0 Å². The third kappa shape index (κ3) is 4.90. The van der Waals surface area contributed by atoms with Crippen LogP contribution in [0.4, 0.5) is 13.6 Å². The number of amides is 1. The molecule has 0 saturated carbocycles. The lowest BCUT2D eigenvalue weighted by Gasteiger charge is -2.10. The molecule has 0 bridgehead atoms. The quantitative estimate of drug-likeness (QED) is 0.662. The summed E-state index contributed by atoms with van der Waals surface area (Å²) in [5, 5.41) is 3.75. The second kappa shape index (κ2) is 7.30. The average Bonchev–Trinajstić information content (AvgIpc) is 2.36. The Balaban J connectivity index is 2.83. The van der Waals surface area contributed by atoms with Crippen molar-refractivity contribution >= 4 is 11.8 Å². The topological polar surface area (TPSA) is 59.9 Å². The van der Waals surface area contributed by atoms with E-state index in [1.54, 1.807) is 32.0 Å². The molecule has 1 rings (SSSR count). The first kappa shape index (κ1) is 14.9. The van der Waals surface area contributed by atoms with Crippen LogP contribution in [-0.2, 0) is 4.74 Å². The molecule has 0 unspecified atom stereocenters. The lowest BCUT2D eigenvalue weighted by Crippen LogP contribution is -2.20. The monoisotopic (exact) mass is 272 g/mol. The lowest BCUT2D eigenvalue weighted by molar-refractivity contribution is -0.0499. The van der Waals surface area contributed by atoms with Gasteiger partial charge in [-0.05, 0) is 26.0 Å². The van der Waals surface area contributed by atoms with E-state index >= 15 is 0 Å². The predicted octanol–water partition coefficient (Wildman–Crippen LogP) is 2.76. The van der Waals surface area contributed by atoms with Crippen LogP contribution in [0.15, 0.2) is 29.4 Å². The Bertz CT molecular complexity index is 464. The van der Waals surface area contributed by atoms with Gasteiger partial charge in [-0.25, -0.2) is 10.2 Å². The van der Waals surface area contributed by atoms with E-state index in [1.165, 1.54) is 6.07 Å². The largest absolute Gasteiger partial charge is 0.449 e. The van der Waals surface area contributed by atoms with Gasteiger partial charge in [-0.1, -0.05) is 12.1 Å². The van der Waals surface area contributed by atoms with Gasteiger partial charge in [0.15, 0.2) is 0 Å². The number of ether oxygens (including phenoxy) is 2. The summed E-state index contributed by atoms with van der Waals surface area (Å²) in [6.07, 6.45) is -0.714. The van der Waals surface area contributed by atoms with E-state index < -0.39 is 12.7 Å². The molecule has 0 fully saturated rings. The molecule has 0 atom stereocenters. The summed E-state index contributed by atoms with van der Waals surface area (Å²) in [6.45, 7) is 0.500. The minimum absolute atomic E-state index is 0.00981. The van der Waals surface area contributed by atoms with E-state index in [-0.39, 0.29) is 12.4 Å². The maximum absolute atomic E-state index is 12.2. The Morgan fingerprint density at radius 1 is 1.42 bits per heavy atom. The minimum atomic E-state index is -2.92. The third-order valence-electron chi connectivity index (χ3n) is 2.08. The van der Waals surface area contributed by atoms with Crippen LogP contribution in [0.2, 0.25) is 0 Å². The molecule has 1 aromatic carbocycles. The van der Waals surface area contributed by atoms with Gasteiger partial charge in [0.1, 0.15) is 5.75 Å². The van der Waals surface area contributed by atoms with Crippen molar-refractivity contribution in [3.63, 3.8) is 0 Å². The molecule has 0 aliphatic heterocycles. The lowest BCUT2D eigenvalue weighted by atomic mass is 10.1. The number of nitrogens with zero attached hydrogens (tertiary/aromatic N) is 1. The van der Waals surface area contributed by atoms with Crippen LogP contribution in [0.5, 0.6) is 5.75 Å². The van der Waals surface area contributed by atoms with Crippen LogP contribution in [0.3, 0.4) is 0 Å². The molecule has 1 amide bonds. The van der Waals surface area contributed by atoms with Gasteiger partial charge in [-0.15, -0.1) is 0 Å². The zero-order chi connectivity index (χ0) is 14.3. The second-order valence-corrected chi connectivity index (χ2v) is 3.40. The molecule has 1 N–H and O–H groups in total. The summed E-state index contributed by atoms with van der Waals surface area (Å²) in [5.74, 6) is -0.00981. The van der Waals surface area contributed by atoms with E-state index in [0.29, 0.717) is 11.3 Å². The SMILES string of the molecule is CCOC(=O)N/N=C(\C)c1ccccc1OC(F)F. The van der Waals surface area contributed by atoms with Gasteiger partial charge in [-0.2, -0.15) is 13.9 Å². The maximum atomic E-state index is 12.2. The predicted molar refractivity (Wildman–Crippen MR) is 65.4 cm³/mol. The van der Waals surface area contributed by atoms with E-state index in [1.807, 2.05) is 0 Å². The molecule has 0 aromatic heterocycles. The first-order valence-corrected chi connectivity index (χ1v) is 5.55. The molecule has 7 heteroatoms. The molecule has 0 spiro atoms. The molecule has 0 aliphatic rings. The van der Waals surface area contributed by atoms with E-state index in [4.69, 9.17) is 0 Å². The number of hydrazone groups is 1. The van der Waals surface area contributed by atoms with Gasteiger partial charge >= 0.3 is 12.7 Å². The molecule has 104 valence electrons. The summed E-state index contributed by atoms with van der Waals surface area (Å²) in [4.78, 5) is 11.0. The normalized spacial score (nSPS) is 11.3. The summed E-state index contributed by atoms with van der Waals surface area (Å²) < 4.78 is 33.4. The fourth-order valence-electron chi connectivity index (χ4n) is 1.32. The number of alkyl halides is 2. The number of nitrogens with one attached hydrogen (secondary N) is 1. The van der Waals surface area contributed by atoms with Crippen LogP contribution < -0.4 is 10.2 Å². The van der Waals surface area contributed by atoms with E-state index in [0.717, 1.165) is 0 Å². The molecule has 0 aliphatic carbocycles. The van der Waals surface area contributed by atoms with Gasteiger partial charge in [0, 0.05) is 5.56 Å². The first-order valence-electron chi connectivity index (χ1n) is 5.55. The minimum Gasteiger partial charge on any atom is -0.449 e. The third-order valence-corrected chi connectivity index (χ3v) is 2.08. The first-order chi connectivity index (χ1) is 9.04. The van der Waals surface area contributed by atoms with Crippen molar-refractivity contribution in [2.45, 2.75) is 20.5 Å². The zero-order valence-corrected chi connectivity index (χ0v) is 10.5. The van der Waals surface area contributed by atoms with Gasteiger partial charge in [0.05, 0.1) is 12.3 Å². The number of hydrogen-bond donors (Lipinski definition) is 1. The number of hydrogen-bond acceptors (Lipinski definition) is 4. The van der Waals surface area contributed by atoms with Gasteiger partial charge in [-0.3, -0.25) is 0 Å². The summed E-state index contributed by atoms with van der Waals surface area (Å²) in [7, 11) is 0. The molecule has 19 heavy (non-hydrogen) atoms. The highest BCUT2D eigenvalue weighted by atomic mass is 19.3. The summed E-state index contributed by atoms with van der Waals surface area (Å²) in [5.41, 5.74) is 2.83. The Hall–Kier alpha value is -2.18. The van der Waals surface area contributed by atoms with Crippen molar-refractivity contribution in [1.82, 2.24) is 5.43 Å². The van der Waals surface area contributed by atoms with E-state index in [9.17, 15) is 13.6 Å². The maximum Gasteiger partial charge on any atom is 0.427 e. The van der Waals surface area contributed by atoms with Crippen molar-refractivity contribution in [2.75, 3.05) is 6.61 Å².